The fourth-order valence-corrected chi connectivity index (χ4v) is 7.33. The highest BCUT2D eigenvalue weighted by Crippen LogP contribution is 2.39. The largest absolute Gasteiger partial charge is 0.492 e. The number of hydrogen-bond acceptors (Lipinski definition) is 8. The highest BCUT2D eigenvalue weighted by atomic mass is 32.2. The van der Waals surface area contributed by atoms with Crippen LogP contribution in [0.5, 0.6) is 11.6 Å². The number of benzene rings is 2. The maximum absolute atomic E-state index is 13.3. The number of anilines is 2. The van der Waals surface area contributed by atoms with Crippen LogP contribution in [-0.4, -0.2) is 99.4 Å². The molecule has 13 heteroatoms. The molecule has 2 fully saturated rings. The van der Waals surface area contributed by atoms with Gasteiger partial charge in [-0.15, -0.1) is 0 Å². The SMILES string of the molecule is COc1c(NC(=O)Oc2cc3cccc(CN4CCC(C(=O)N5CC[C@H](N(C)C)C5)CC4)c3n2C)cc(C(C)(C)C)cc1NS(C)(=O)=O. The Labute approximate surface area is 284 Å². The minimum absolute atomic E-state index is 0.0763. The number of aromatic nitrogens is 1. The molecule has 2 aliphatic rings. The lowest BCUT2D eigenvalue weighted by Crippen LogP contribution is -2.42. The number of rotatable bonds is 9. The highest BCUT2D eigenvalue weighted by molar-refractivity contribution is 7.92. The monoisotopic (exact) mass is 682 g/mol. The normalized spacial score (nSPS) is 18.0. The molecule has 0 spiro atoms. The molecule has 3 aromatic rings. The average Bonchev–Trinajstić information content (AvgIpc) is 3.62. The van der Waals surface area contributed by atoms with Crippen molar-refractivity contribution in [3.63, 3.8) is 0 Å². The van der Waals surface area contributed by atoms with Crippen LogP contribution >= 0.6 is 0 Å². The molecular weight excluding hydrogens is 632 g/mol. The van der Waals surface area contributed by atoms with Gasteiger partial charge in [0.1, 0.15) is 0 Å². The zero-order valence-electron chi connectivity index (χ0n) is 29.4. The Morgan fingerprint density at radius 1 is 1.02 bits per heavy atom. The van der Waals surface area contributed by atoms with Gasteiger partial charge in [-0.1, -0.05) is 39.0 Å². The molecule has 0 radical (unpaired) electrons. The Kier molecular flexibility index (Phi) is 10.3. The van der Waals surface area contributed by atoms with Crippen molar-refractivity contribution in [2.24, 2.45) is 13.0 Å². The van der Waals surface area contributed by atoms with Gasteiger partial charge in [-0.3, -0.25) is 19.7 Å². The summed E-state index contributed by atoms with van der Waals surface area (Å²) in [7, 11) is 3.82. The number of ether oxygens (including phenoxy) is 2. The van der Waals surface area contributed by atoms with Crippen molar-refractivity contribution >= 4 is 44.3 Å². The third-order valence-corrected chi connectivity index (χ3v) is 10.1. The number of para-hydroxylation sites is 1. The number of nitrogens with zero attached hydrogens (tertiary/aromatic N) is 4. The van der Waals surface area contributed by atoms with E-state index in [-0.39, 0.29) is 28.5 Å². The summed E-state index contributed by atoms with van der Waals surface area (Å²) >= 11 is 0. The van der Waals surface area contributed by atoms with Gasteiger partial charge in [0.2, 0.25) is 21.8 Å². The number of carbonyl (C=O) groups is 2. The molecule has 5 rings (SSSR count). The first-order valence-corrected chi connectivity index (χ1v) is 18.4. The van der Waals surface area contributed by atoms with Crippen LogP contribution in [0, 0.1) is 5.92 Å². The fraction of sp³-hybridized carbons (Fsp3) is 0.543. The van der Waals surface area contributed by atoms with Crippen LogP contribution in [0.25, 0.3) is 10.9 Å². The molecule has 2 N–H and O–H groups in total. The Bertz CT molecular complexity index is 1770. The van der Waals surface area contributed by atoms with E-state index in [0.29, 0.717) is 17.8 Å². The van der Waals surface area contributed by atoms with Gasteiger partial charge in [0.25, 0.3) is 0 Å². The molecule has 2 saturated heterocycles. The molecule has 0 unspecified atom stereocenters. The molecular formula is C35H50N6O6S. The number of carbonyl (C=O) groups excluding carboxylic acids is 2. The Morgan fingerprint density at radius 2 is 1.71 bits per heavy atom. The molecule has 48 heavy (non-hydrogen) atoms. The second kappa shape index (κ2) is 14.0. The summed E-state index contributed by atoms with van der Waals surface area (Å²) in [6.45, 7) is 10.1. The first-order chi connectivity index (χ1) is 22.5. The average molecular weight is 683 g/mol. The summed E-state index contributed by atoms with van der Waals surface area (Å²) in [6, 6.07) is 11.8. The van der Waals surface area contributed by atoms with Crippen molar-refractivity contribution in [1.29, 1.82) is 0 Å². The Balaban J connectivity index is 1.28. The topological polar surface area (TPSA) is 125 Å². The van der Waals surface area contributed by atoms with Crippen molar-refractivity contribution in [3.05, 3.63) is 47.5 Å². The molecule has 262 valence electrons. The van der Waals surface area contributed by atoms with Crippen LogP contribution < -0.4 is 19.5 Å². The second-order valence-corrected chi connectivity index (χ2v) is 16.1. The van der Waals surface area contributed by atoms with Crippen LogP contribution in [0.15, 0.2) is 36.4 Å². The number of amides is 2. The minimum atomic E-state index is -3.62. The summed E-state index contributed by atoms with van der Waals surface area (Å²) in [5, 5.41) is 3.71. The maximum Gasteiger partial charge on any atom is 0.418 e. The lowest BCUT2D eigenvalue weighted by atomic mass is 9.86. The van der Waals surface area contributed by atoms with Crippen LogP contribution in [-0.2, 0) is 33.8 Å². The standard InChI is InChI=1S/C35H50N6O6S/c1-35(2,3)26-19-28(32(46-7)29(20-26)37-48(8,44)45)36-34(43)47-30-18-24-10-9-11-25(31(24)39(30)6)21-40-15-12-23(13-16-40)33(42)41-17-14-27(22-41)38(4)5/h9-11,18-20,23,27,37H,12-17,21-22H2,1-8H3,(H,36,43)/t27-/m0/s1. The zero-order valence-corrected chi connectivity index (χ0v) is 30.2. The maximum atomic E-state index is 13.3. The number of nitrogens with one attached hydrogen (secondary N) is 2. The predicted molar refractivity (Wildman–Crippen MR) is 189 cm³/mol. The number of methoxy groups -OCH3 is 1. The summed E-state index contributed by atoms with van der Waals surface area (Å²) in [5.41, 5.74) is 3.03. The highest BCUT2D eigenvalue weighted by Gasteiger charge is 2.33. The third-order valence-electron chi connectivity index (χ3n) is 9.52. The summed E-state index contributed by atoms with van der Waals surface area (Å²) in [5.74, 6) is 0.913. The number of aryl methyl sites for hydroxylation is 1. The van der Waals surface area contributed by atoms with E-state index in [1.165, 1.54) is 7.11 Å². The predicted octanol–water partition coefficient (Wildman–Crippen LogP) is 4.84. The van der Waals surface area contributed by atoms with Gasteiger partial charge in [0.05, 0.1) is 30.3 Å². The molecule has 0 saturated carbocycles. The lowest BCUT2D eigenvalue weighted by molar-refractivity contribution is -0.136. The first kappa shape index (κ1) is 35.5. The molecule has 1 aromatic heterocycles. The van der Waals surface area contributed by atoms with Gasteiger partial charge in [0.15, 0.2) is 5.75 Å². The van der Waals surface area contributed by atoms with Gasteiger partial charge in [-0.2, -0.15) is 0 Å². The number of fused-ring (bicyclic) bond motifs is 1. The zero-order chi connectivity index (χ0) is 35.0. The third kappa shape index (κ3) is 8.07. The van der Waals surface area contributed by atoms with Crippen LogP contribution in [0.1, 0.15) is 51.2 Å². The smallest absolute Gasteiger partial charge is 0.418 e. The van der Waals surface area contributed by atoms with Crippen molar-refractivity contribution in [2.45, 2.75) is 58.0 Å². The number of sulfonamides is 1. The Morgan fingerprint density at radius 3 is 2.31 bits per heavy atom. The number of likely N-dealkylation sites (N-methyl/N-ethyl adjacent to an activating group) is 1. The van der Waals surface area contributed by atoms with Gasteiger partial charge in [-0.25, -0.2) is 13.2 Å². The molecule has 0 aliphatic carbocycles. The van der Waals surface area contributed by atoms with E-state index >= 15 is 0 Å². The number of hydrogen-bond donors (Lipinski definition) is 2. The summed E-state index contributed by atoms with van der Waals surface area (Å²) in [6.07, 6.45) is 3.05. The molecule has 3 heterocycles. The van der Waals surface area contributed by atoms with Crippen LogP contribution in [0.4, 0.5) is 16.2 Å². The molecule has 2 aliphatic heterocycles. The first-order valence-electron chi connectivity index (χ1n) is 16.5. The van der Waals surface area contributed by atoms with Gasteiger partial charge < -0.3 is 23.8 Å². The quantitative estimate of drug-likeness (QED) is 0.329. The van der Waals surface area contributed by atoms with Crippen molar-refractivity contribution in [3.8, 4) is 11.6 Å². The van der Waals surface area contributed by atoms with Gasteiger partial charge in [0, 0.05) is 50.1 Å². The van der Waals surface area contributed by atoms with Crippen LogP contribution in [0.2, 0.25) is 0 Å². The van der Waals surface area contributed by atoms with Crippen molar-refractivity contribution in [2.75, 3.05) is 63.7 Å². The fourth-order valence-electron chi connectivity index (χ4n) is 6.78. The number of piperidine rings is 1. The van der Waals surface area contributed by atoms with E-state index in [2.05, 4.69) is 44.9 Å². The second-order valence-electron chi connectivity index (χ2n) is 14.4. The van der Waals surface area contributed by atoms with Crippen molar-refractivity contribution < 1.29 is 27.5 Å². The van der Waals surface area contributed by atoms with E-state index < -0.39 is 16.1 Å². The number of likely N-dealkylation sites (tertiary alicyclic amines) is 2. The van der Waals surface area contributed by atoms with Crippen LogP contribution in [0.3, 0.4) is 0 Å². The summed E-state index contributed by atoms with van der Waals surface area (Å²) < 4.78 is 39.9. The molecule has 2 aromatic carbocycles. The Hall–Kier alpha value is -3.81. The van der Waals surface area contributed by atoms with E-state index in [0.717, 1.165) is 80.3 Å². The van der Waals surface area contributed by atoms with E-state index in [9.17, 15) is 18.0 Å². The molecule has 1 atom stereocenters. The molecule has 12 nitrogen and oxygen atoms in total. The van der Waals surface area contributed by atoms with Gasteiger partial charge in [-0.05, 0) is 75.1 Å². The van der Waals surface area contributed by atoms with E-state index in [1.807, 2.05) is 50.6 Å². The lowest BCUT2D eigenvalue weighted by Gasteiger charge is -2.33. The van der Waals surface area contributed by atoms with E-state index in [4.69, 9.17) is 9.47 Å². The van der Waals surface area contributed by atoms with E-state index in [1.54, 1.807) is 12.1 Å². The molecule has 0 bridgehead atoms. The molecule has 2 amide bonds. The van der Waals surface area contributed by atoms with Crippen molar-refractivity contribution in [1.82, 2.24) is 19.3 Å². The summed E-state index contributed by atoms with van der Waals surface area (Å²) in [4.78, 5) is 33.2. The van der Waals surface area contributed by atoms with Gasteiger partial charge >= 0.3 is 6.09 Å². The minimum Gasteiger partial charge on any atom is -0.492 e.